The van der Waals surface area contributed by atoms with Crippen LogP contribution in [0.25, 0.3) is 10.8 Å². The number of carbonyl (C=O) groups is 1. The number of nitrogens with zero attached hydrogens (tertiary/aromatic N) is 1. The Bertz CT molecular complexity index is 1000. The molecule has 0 heterocycles. The van der Waals surface area contributed by atoms with Crippen LogP contribution in [0.5, 0.6) is 11.5 Å². The van der Waals surface area contributed by atoms with Gasteiger partial charge in [0.1, 0.15) is 18.1 Å². The minimum atomic E-state index is -0.375. The van der Waals surface area contributed by atoms with E-state index in [2.05, 4.69) is 17.1 Å². The molecule has 0 aromatic heterocycles. The topological polar surface area (TPSA) is 59.9 Å². The number of ether oxygens (including phenoxy) is 2. The standard InChI is InChI=1S/C22H19ClN2O3/c1-2-13-27-21-12-7-16-5-3-4-6-19(16)20(21)14-24-25-22(26)15-28-18-10-8-17(23)9-11-18/h2-12,14H,1,13,15H2,(H,25,26)/b24-14-. The van der Waals surface area contributed by atoms with E-state index in [9.17, 15) is 4.79 Å². The molecule has 5 nitrogen and oxygen atoms in total. The van der Waals surface area contributed by atoms with Gasteiger partial charge in [-0.15, -0.1) is 0 Å². The van der Waals surface area contributed by atoms with E-state index in [-0.39, 0.29) is 12.5 Å². The molecule has 0 fully saturated rings. The molecule has 1 N–H and O–H groups in total. The molecule has 6 heteroatoms. The highest BCUT2D eigenvalue weighted by Gasteiger charge is 2.07. The average Bonchev–Trinajstić information content (AvgIpc) is 2.72. The fraction of sp³-hybridized carbons (Fsp3) is 0.0909. The molecule has 0 saturated carbocycles. The van der Waals surface area contributed by atoms with Crippen LogP contribution in [0.1, 0.15) is 5.56 Å². The molecule has 142 valence electrons. The van der Waals surface area contributed by atoms with Crippen LogP contribution in [0.15, 0.2) is 78.4 Å². The molecule has 0 saturated heterocycles. The number of fused-ring (bicyclic) bond motifs is 1. The maximum Gasteiger partial charge on any atom is 0.277 e. The second-order valence-electron chi connectivity index (χ2n) is 5.83. The fourth-order valence-electron chi connectivity index (χ4n) is 2.56. The van der Waals surface area contributed by atoms with Gasteiger partial charge in [0, 0.05) is 10.6 Å². The van der Waals surface area contributed by atoms with Crippen LogP contribution in [-0.2, 0) is 4.79 Å². The quantitative estimate of drug-likeness (QED) is 0.345. The Morgan fingerprint density at radius 3 is 2.64 bits per heavy atom. The highest BCUT2D eigenvalue weighted by molar-refractivity contribution is 6.30. The summed E-state index contributed by atoms with van der Waals surface area (Å²) in [7, 11) is 0. The summed E-state index contributed by atoms with van der Waals surface area (Å²) >= 11 is 5.82. The third-order valence-corrected chi connectivity index (χ3v) is 4.11. The monoisotopic (exact) mass is 394 g/mol. The van der Waals surface area contributed by atoms with E-state index >= 15 is 0 Å². The van der Waals surface area contributed by atoms with Crippen molar-refractivity contribution < 1.29 is 14.3 Å². The Morgan fingerprint density at radius 1 is 1.07 bits per heavy atom. The molecule has 0 unspecified atom stereocenters. The first-order chi connectivity index (χ1) is 13.7. The number of rotatable bonds is 8. The van der Waals surface area contributed by atoms with Gasteiger partial charge in [0.15, 0.2) is 6.61 Å². The lowest BCUT2D eigenvalue weighted by Crippen LogP contribution is -2.24. The van der Waals surface area contributed by atoms with Crippen molar-refractivity contribution in [3.8, 4) is 11.5 Å². The lowest BCUT2D eigenvalue weighted by Gasteiger charge is -2.10. The summed E-state index contributed by atoms with van der Waals surface area (Å²) in [6.07, 6.45) is 3.24. The molecule has 0 aliphatic carbocycles. The minimum Gasteiger partial charge on any atom is -0.489 e. The van der Waals surface area contributed by atoms with E-state index in [1.165, 1.54) is 0 Å². The first-order valence-electron chi connectivity index (χ1n) is 8.63. The largest absolute Gasteiger partial charge is 0.489 e. The third kappa shape index (κ3) is 5.11. The van der Waals surface area contributed by atoms with Crippen molar-refractivity contribution in [3.05, 3.63) is 83.9 Å². The van der Waals surface area contributed by atoms with Gasteiger partial charge in [0.2, 0.25) is 0 Å². The highest BCUT2D eigenvalue weighted by Crippen LogP contribution is 2.26. The van der Waals surface area contributed by atoms with Gasteiger partial charge < -0.3 is 9.47 Å². The number of hydrogen-bond acceptors (Lipinski definition) is 4. The summed E-state index contributed by atoms with van der Waals surface area (Å²) in [5.74, 6) is 0.840. The number of carbonyl (C=O) groups excluding carboxylic acids is 1. The summed E-state index contributed by atoms with van der Waals surface area (Å²) in [4.78, 5) is 12.0. The predicted octanol–water partition coefficient (Wildman–Crippen LogP) is 4.59. The van der Waals surface area contributed by atoms with Crippen molar-refractivity contribution in [1.29, 1.82) is 0 Å². The lowest BCUT2D eigenvalue weighted by molar-refractivity contribution is -0.123. The number of nitrogens with one attached hydrogen (secondary N) is 1. The van der Waals surface area contributed by atoms with Crippen LogP contribution in [0.3, 0.4) is 0 Å². The predicted molar refractivity (Wildman–Crippen MR) is 112 cm³/mol. The summed E-state index contributed by atoms with van der Waals surface area (Å²) in [5.41, 5.74) is 3.24. The van der Waals surface area contributed by atoms with Gasteiger partial charge in [-0.3, -0.25) is 4.79 Å². The van der Waals surface area contributed by atoms with E-state index in [0.29, 0.717) is 23.1 Å². The van der Waals surface area contributed by atoms with Gasteiger partial charge in [0.05, 0.1) is 6.21 Å². The van der Waals surface area contributed by atoms with Crippen LogP contribution in [0, 0.1) is 0 Å². The first-order valence-corrected chi connectivity index (χ1v) is 9.01. The van der Waals surface area contributed by atoms with Crippen molar-refractivity contribution in [1.82, 2.24) is 5.43 Å². The summed E-state index contributed by atoms with van der Waals surface area (Å²) in [5, 5.41) is 6.68. The normalized spacial score (nSPS) is 10.8. The van der Waals surface area contributed by atoms with Gasteiger partial charge in [-0.25, -0.2) is 5.43 Å². The van der Waals surface area contributed by atoms with Crippen LogP contribution in [0.2, 0.25) is 5.02 Å². The molecule has 0 radical (unpaired) electrons. The first kappa shape index (κ1) is 19.5. The Kier molecular flexibility index (Phi) is 6.65. The zero-order valence-electron chi connectivity index (χ0n) is 15.1. The zero-order chi connectivity index (χ0) is 19.8. The molecule has 0 aliphatic rings. The maximum atomic E-state index is 12.0. The molecular weight excluding hydrogens is 376 g/mol. The minimum absolute atomic E-state index is 0.158. The second kappa shape index (κ2) is 9.58. The van der Waals surface area contributed by atoms with Gasteiger partial charge in [-0.05, 0) is 41.1 Å². The van der Waals surface area contributed by atoms with Crippen molar-refractivity contribution in [2.24, 2.45) is 5.10 Å². The SMILES string of the molecule is C=CCOc1ccc2ccccc2c1/C=N\NC(=O)COc1ccc(Cl)cc1. The summed E-state index contributed by atoms with van der Waals surface area (Å²) in [6.45, 7) is 3.88. The molecule has 0 atom stereocenters. The Morgan fingerprint density at radius 2 is 1.86 bits per heavy atom. The second-order valence-corrected chi connectivity index (χ2v) is 6.27. The molecule has 0 aliphatic heterocycles. The number of benzene rings is 3. The Balaban J connectivity index is 1.68. The van der Waals surface area contributed by atoms with Gasteiger partial charge in [-0.1, -0.05) is 54.6 Å². The number of hydrogen-bond donors (Lipinski definition) is 1. The van der Waals surface area contributed by atoms with Crippen molar-refractivity contribution in [3.63, 3.8) is 0 Å². The van der Waals surface area contributed by atoms with Crippen LogP contribution < -0.4 is 14.9 Å². The molecule has 3 rings (SSSR count). The molecule has 28 heavy (non-hydrogen) atoms. The Labute approximate surface area is 168 Å². The molecule has 0 spiro atoms. The van der Waals surface area contributed by atoms with Crippen molar-refractivity contribution in [2.45, 2.75) is 0 Å². The van der Waals surface area contributed by atoms with Crippen LogP contribution in [0.4, 0.5) is 0 Å². The van der Waals surface area contributed by atoms with E-state index in [1.54, 1.807) is 36.6 Å². The van der Waals surface area contributed by atoms with E-state index in [4.69, 9.17) is 21.1 Å². The van der Waals surface area contributed by atoms with Gasteiger partial charge >= 0.3 is 0 Å². The lowest BCUT2D eigenvalue weighted by atomic mass is 10.0. The van der Waals surface area contributed by atoms with Crippen LogP contribution >= 0.6 is 11.6 Å². The molecular formula is C22H19ClN2O3. The molecule has 3 aromatic rings. The fourth-order valence-corrected chi connectivity index (χ4v) is 2.69. The number of amides is 1. The molecule has 0 bridgehead atoms. The Hall–Kier alpha value is -3.31. The van der Waals surface area contributed by atoms with Gasteiger partial charge in [0.25, 0.3) is 5.91 Å². The average molecular weight is 395 g/mol. The summed E-state index contributed by atoms with van der Waals surface area (Å²) < 4.78 is 11.1. The summed E-state index contributed by atoms with van der Waals surface area (Å²) in [6, 6.07) is 18.5. The number of hydrazone groups is 1. The van der Waals surface area contributed by atoms with Crippen LogP contribution in [-0.4, -0.2) is 25.3 Å². The van der Waals surface area contributed by atoms with E-state index in [1.807, 2.05) is 36.4 Å². The maximum absolute atomic E-state index is 12.0. The third-order valence-electron chi connectivity index (χ3n) is 3.85. The van der Waals surface area contributed by atoms with Crippen molar-refractivity contribution in [2.75, 3.05) is 13.2 Å². The zero-order valence-corrected chi connectivity index (χ0v) is 15.9. The van der Waals surface area contributed by atoms with E-state index in [0.717, 1.165) is 16.3 Å². The van der Waals surface area contributed by atoms with Crippen molar-refractivity contribution >= 4 is 34.5 Å². The van der Waals surface area contributed by atoms with Gasteiger partial charge in [-0.2, -0.15) is 5.10 Å². The van der Waals surface area contributed by atoms with E-state index < -0.39 is 0 Å². The molecule has 1 amide bonds. The highest BCUT2D eigenvalue weighted by atomic mass is 35.5. The molecule has 3 aromatic carbocycles. The number of halogens is 1. The smallest absolute Gasteiger partial charge is 0.277 e.